The van der Waals surface area contributed by atoms with E-state index in [9.17, 15) is 4.79 Å². The van der Waals surface area contributed by atoms with Gasteiger partial charge in [0, 0.05) is 10.4 Å². The highest BCUT2D eigenvalue weighted by Gasteiger charge is 2.24. The number of thioether (sulfide) groups is 1. The average molecular weight is 463 g/mol. The fourth-order valence-corrected chi connectivity index (χ4v) is 5.45. The third-order valence-corrected chi connectivity index (χ3v) is 7.28. The molecule has 0 aliphatic heterocycles. The van der Waals surface area contributed by atoms with Crippen molar-refractivity contribution in [2.75, 3.05) is 10.7 Å². The summed E-state index contributed by atoms with van der Waals surface area (Å²) in [5.74, 6) is 0.631. The zero-order chi connectivity index (χ0) is 21.8. The highest BCUT2D eigenvalue weighted by molar-refractivity contribution is 7.99. The third-order valence-electron chi connectivity index (χ3n) is 5.30. The molecule has 5 rings (SSSR count). The Balaban J connectivity index is 1.32. The van der Waals surface area contributed by atoms with Gasteiger partial charge in [-0.3, -0.25) is 9.69 Å². The zero-order valence-corrected chi connectivity index (χ0v) is 19.1. The highest BCUT2D eigenvalue weighted by Crippen LogP contribution is 2.33. The standard InChI is InChI=1S/C24H22N4O2S2/c29-21(16-31-24-27-26-22(30-24)18-11-5-2-6-12-18)28(15-17-9-3-1-4-10-17)23-25-19-13-7-8-14-20(19)32-23/h1-6,9-12H,7-8,13-16H2. The minimum atomic E-state index is -0.0237. The van der Waals surface area contributed by atoms with Gasteiger partial charge in [0.05, 0.1) is 18.0 Å². The van der Waals surface area contributed by atoms with Gasteiger partial charge >= 0.3 is 0 Å². The van der Waals surface area contributed by atoms with Crippen LogP contribution in [0.25, 0.3) is 11.5 Å². The second kappa shape index (κ2) is 9.67. The Morgan fingerprint density at radius 3 is 2.53 bits per heavy atom. The van der Waals surface area contributed by atoms with Crippen molar-refractivity contribution in [3.8, 4) is 11.5 Å². The molecular weight excluding hydrogens is 440 g/mol. The number of thiazole rings is 1. The predicted octanol–water partition coefficient (Wildman–Crippen LogP) is 5.40. The number of aromatic nitrogens is 3. The molecule has 2 aromatic heterocycles. The minimum Gasteiger partial charge on any atom is -0.411 e. The summed E-state index contributed by atoms with van der Waals surface area (Å²) in [5.41, 5.74) is 3.08. The molecular formula is C24H22N4O2S2. The van der Waals surface area contributed by atoms with Crippen LogP contribution in [0.15, 0.2) is 70.3 Å². The molecule has 2 heterocycles. The quantitative estimate of drug-likeness (QED) is 0.343. The molecule has 1 aliphatic rings. The monoisotopic (exact) mass is 462 g/mol. The van der Waals surface area contributed by atoms with E-state index in [-0.39, 0.29) is 11.7 Å². The molecule has 0 bridgehead atoms. The van der Waals surface area contributed by atoms with Gasteiger partial charge in [-0.25, -0.2) is 4.98 Å². The van der Waals surface area contributed by atoms with E-state index in [1.807, 2.05) is 60.7 Å². The maximum atomic E-state index is 13.3. The lowest BCUT2D eigenvalue weighted by Gasteiger charge is -2.19. The molecule has 0 N–H and O–H groups in total. The van der Waals surface area contributed by atoms with Crippen LogP contribution in [-0.4, -0.2) is 26.8 Å². The number of benzene rings is 2. The average Bonchev–Trinajstić information content (AvgIpc) is 3.49. The topological polar surface area (TPSA) is 72.1 Å². The SMILES string of the molecule is O=C(CSc1nnc(-c2ccccc2)o1)N(Cc1ccccc1)c1nc2c(s1)CCCC2. The van der Waals surface area contributed by atoms with Crippen molar-refractivity contribution in [2.45, 2.75) is 37.5 Å². The molecule has 8 heteroatoms. The third kappa shape index (κ3) is 4.76. The lowest BCUT2D eigenvalue weighted by molar-refractivity contribution is -0.116. The van der Waals surface area contributed by atoms with Crippen molar-refractivity contribution in [1.29, 1.82) is 0 Å². The van der Waals surface area contributed by atoms with Gasteiger partial charge in [0.2, 0.25) is 11.8 Å². The fraction of sp³-hybridized carbons (Fsp3) is 0.250. The van der Waals surface area contributed by atoms with Gasteiger partial charge in [-0.05, 0) is 43.4 Å². The molecule has 0 atom stereocenters. The van der Waals surface area contributed by atoms with E-state index in [1.54, 1.807) is 16.2 Å². The molecule has 0 fully saturated rings. The number of amides is 1. The highest BCUT2D eigenvalue weighted by atomic mass is 32.2. The number of hydrogen-bond donors (Lipinski definition) is 0. The van der Waals surface area contributed by atoms with Gasteiger partial charge in [0.15, 0.2) is 5.13 Å². The van der Waals surface area contributed by atoms with Crippen LogP contribution in [0.3, 0.4) is 0 Å². The first-order valence-corrected chi connectivity index (χ1v) is 12.4. The van der Waals surface area contributed by atoms with Crippen molar-refractivity contribution >= 4 is 34.1 Å². The van der Waals surface area contributed by atoms with Crippen molar-refractivity contribution in [2.24, 2.45) is 0 Å². The molecule has 0 radical (unpaired) electrons. The molecule has 0 saturated carbocycles. The van der Waals surface area contributed by atoms with Crippen LogP contribution >= 0.6 is 23.1 Å². The van der Waals surface area contributed by atoms with Gasteiger partial charge in [0.1, 0.15) is 0 Å². The first-order valence-electron chi connectivity index (χ1n) is 10.6. The predicted molar refractivity (Wildman–Crippen MR) is 127 cm³/mol. The number of nitrogens with zero attached hydrogens (tertiary/aromatic N) is 4. The van der Waals surface area contributed by atoms with Crippen LogP contribution in [0.4, 0.5) is 5.13 Å². The number of rotatable bonds is 7. The first-order chi connectivity index (χ1) is 15.8. The van der Waals surface area contributed by atoms with Crippen molar-refractivity contribution in [1.82, 2.24) is 15.2 Å². The largest absolute Gasteiger partial charge is 0.411 e. The Morgan fingerprint density at radius 1 is 1.00 bits per heavy atom. The van der Waals surface area contributed by atoms with E-state index in [0.717, 1.165) is 34.8 Å². The summed E-state index contributed by atoms with van der Waals surface area (Å²) in [6, 6.07) is 19.6. The summed E-state index contributed by atoms with van der Waals surface area (Å²) in [6.45, 7) is 0.492. The Hall–Kier alpha value is -2.97. The second-order valence-corrected chi connectivity index (χ2v) is 9.56. The van der Waals surface area contributed by atoms with Crippen molar-refractivity contribution < 1.29 is 9.21 Å². The van der Waals surface area contributed by atoms with Crippen molar-refractivity contribution in [3.63, 3.8) is 0 Å². The molecule has 32 heavy (non-hydrogen) atoms. The van der Waals surface area contributed by atoms with E-state index >= 15 is 0 Å². The zero-order valence-electron chi connectivity index (χ0n) is 17.4. The second-order valence-electron chi connectivity index (χ2n) is 7.57. The summed E-state index contributed by atoms with van der Waals surface area (Å²) in [7, 11) is 0. The van der Waals surface area contributed by atoms with E-state index < -0.39 is 0 Å². The molecule has 0 spiro atoms. The van der Waals surface area contributed by atoms with Crippen LogP contribution in [0.1, 0.15) is 29.0 Å². The fourth-order valence-electron chi connectivity index (χ4n) is 3.65. The van der Waals surface area contributed by atoms with E-state index in [2.05, 4.69) is 10.2 Å². The van der Waals surface area contributed by atoms with Crippen molar-refractivity contribution in [3.05, 3.63) is 76.8 Å². The van der Waals surface area contributed by atoms with Gasteiger partial charge in [0.25, 0.3) is 5.22 Å². The van der Waals surface area contributed by atoms with E-state index in [4.69, 9.17) is 9.40 Å². The smallest absolute Gasteiger partial charge is 0.277 e. The number of aryl methyl sites for hydroxylation is 2. The summed E-state index contributed by atoms with van der Waals surface area (Å²) in [5, 5.41) is 9.37. The lowest BCUT2D eigenvalue weighted by atomic mass is 10.0. The van der Waals surface area contributed by atoms with Crippen LogP contribution in [0, 0.1) is 0 Å². The summed E-state index contributed by atoms with van der Waals surface area (Å²) in [4.78, 5) is 21.2. The van der Waals surface area contributed by atoms with Gasteiger partial charge < -0.3 is 4.42 Å². The lowest BCUT2D eigenvalue weighted by Crippen LogP contribution is -2.31. The van der Waals surface area contributed by atoms with Crippen LogP contribution in [0.2, 0.25) is 0 Å². The van der Waals surface area contributed by atoms with Crippen LogP contribution < -0.4 is 4.90 Å². The number of anilines is 1. The molecule has 1 aliphatic carbocycles. The maximum absolute atomic E-state index is 13.3. The number of hydrogen-bond acceptors (Lipinski definition) is 7. The Kier molecular flexibility index (Phi) is 6.31. The molecule has 1 amide bonds. The molecule has 0 saturated heterocycles. The minimum absolute atomic E-state index is 0.0237. The van der Waals surface area contributed by atoms with Crippen LogP contribution in [-0.2, 0) is 24.2 Å². The van der Waals surface area contributed by atoms with E-state index in [0.29, 0.717) is 17.7 Å². The summed E-state index contributed by atoms with van der Waals surface area (Å²) in [6.07, 6.45) is 4.41. The number of carbonyl (C=O) groups excluding carboxylic acids is 1. The summed E-state index contributed by atoms with van der Waals surface area (Å²) >= 11 is 2.91. The maximum Gasteiger partial charge on any atom is 0.277 e. The van der Waals surface area contributed by atoms with E-state index in [1.165, 1.54) is 29.5 Å². The summed E-state index contributed by atoms with van der Waals surface area (Å²) < 4.78 is 5.75. The molecule has 6 nitrogen and oxygen atoms in total. The molecule has 4 aromatic rings. The Bertz CT molecular complexity index is 1170. The normalized spacial score (nSPS) is 13.0. The number of carbonyl (C=O) groups is 1. The van der Waals surface area contributed by atoms with Gasteiger partial charge in [-0.2, -0.15) is 0 Å². The van der Waals surface area contributed by atoms with Gasteiger partial charge in [-0.1, -0.05) is 60.3 Å². The van der Waals surface area contributed by atoms with Gasteiger partial charge in [-0.15, -0.1) is 21.5 Å². The molecule has 162 valence electrons. The first kappa shape index (κ1) is 20.9. The van der Waals surface area contributed by atoms with Crippen LogP contribution in [0.5, 0.6) is 0 Å². The Labute approximate surface area is 194 Å². The number of fused-ring (bicyclic) bond motifs is 1. The molecule has 2 aromatic carbocycles. The molecule has 0 unspecified atom stereocenters. The Morgan fingerprint density at radius 2 is 1.75 bits per heavy atom.